The molecule has 0 amide bonds. The average molecular weight is 294 g/mol. The molecule has 3 rings (SSSR count). The molecule has 104 valence electrons. The van der Waals surface area contributed by atoms with Crippen molar-refractivity contribution in [1.82, 2.24) is 10.4 Å². The highest BCUT2D eigenvalue weighted by atomic mass is 32.1. The van der Waals surface area contributed by atoms with E-state index in [2.05, 4.69) is 33.7 Å². The number of benzene rings is 2. The highest BCUT2D eigenvalue weighted by Gasteiger charge is 2.10. The topological polar surface area (TPSA) is 66.2 Å². The molecule has 0 radical (unpaired) electrons. The molecule has 2 aromatic carbocycles. The Morgan fingerprint density at radius 1 is 1.10 bits per heavy atom. The standard InChI is InChI=1S/C16H14N4S/c17-16(21)20-18-10-13-12-8-4-5-9-14(12)19-15(13)11-6-2-1-3-7-11/h1-10,19H,(H3,17,20,21)/b18-10+. The molecule has 0 spiro atoms. The Kier molecular flexibility index (Phi) is 3.66. The summed E-state index contributed by atoms with van der Waals surface area (Å²) in [5, 5.41) is 5.34. The fourth-order valence-corrected chi connectivity index (χ4v) is 2.34. The molecule has 0 saturated heterocycles. The second kappa shape index (κ2) is 5.76. The van der Waals surface area contributed by atoms with E-state index in [0.29, 0.717) is 0 Å². The number of nitrogens with zero attached hydrogens (tertiary/aromatic N) is 1. The van der Waals surface area contributed by atoms with Crippen LogP contribution in [0.2, 0.25) is 0 Å². The molecule has 0 bridgehead atoms. The largest absolute Gasteiger partial charge is 0.375 e. The van der Waals surface area contributed by atoms with Crippen LogP contribution in [0.5, 0.6) is 0 Å². The first-order valence-corrected chi connectivity index (χ1v) is 6.91. The van der Waals surface area contributed by atoms with Crippen LogP contribution in [0.15, 0.2) is 59.7 Å². The molecule has 0 atom stereocenters. The van der Waals surface area contributed by atoms with Gasteiger partial charge in [-0.25, -0.2) is 0 Å². The van der Waals surface area contributed by atoms with Crippen molar-refractivity contribution >= 4 is 34.4 Å². The number of nitrogens with one attached hydrogen (secondary N) is 2. The molecule has 0 fully saturated rings. The summed E-state index contributed by atoms with van der Waals surface area (Å²) in [7, 11) is 0. The van der Waals surface area contributed by atoms with Crippen LogP contribution in [0.4, 0.5) is 0 Å². The van der Waals surface area contributed by atoms with E-state index in [1.165, 1.54) is 0 Å². The summed E-state index contributed by atoms with van der Waals surface area (Å²) < 4.78 is 0. The van der Waals surface area contributed by atoms with Gasteiger partial charge < -0.3 is 10.7 Å². The molecule has 1 heterocycles. The lowest BCUT2D eigenvalue weighted by molar-refractivity contribution is 1.04. The van der Waals surface area contributed by atoms with E-state index in [4.69, 9.17) is 18.0 Å². The number of nitrogens with two attached hydrogens (primary N) is 1. The lowest BCUT2D eigenvalue weighted by Crippen LogP contribution is -2.24. The van der Waals surface area contributed by atoms with E-state index in [-0.39, 0.29) is 5.11 Å². The van der Waals surface area contributed by atoms with Crippen molar-refractivity contribution in [2.24, 2.45) is 10.8 Å². The summed E-state index contributed by atoms with van der Waals surface area (Å²) in [6, 6.07) is 18.2. The predicted molar refractivity (Wildman–Crippen MR) is 91.2 cm³/mol. The maximum absolute atomic E-state index is 5.39. The number of hydrazone groups is 1. The molecule has 0 aliphatic heterocycles. The second-order valence-corrected chi connectivity index (χ2v) is 5.00. The summed E-state index contributed by atoms with van der Waals surface area (Å²) in [4.78, 5) is 3.44. The number of hydrogen-bond acceptors (Lipinski definition) is 2. The number of H-pyrrole nitrogens is 1. The summed E-state index contributed by atoms with van der Waals surface area (Å²) >= 11 is 4.76. The maximum atomic E-state index is 5.39. The molecule has 4 nitrogen and oxygen atoms in total. The van der Waals surface area contributed by atoms with Gasteiger partial charge >= 0.3 is 0 Å². The van der Waals surface area contributed by atoms with Gasteiger partial charge in [-0.1, -0.05) is 48.5 Å². The van der Waals surface area contributed by atoms with Gasteiger partial charge in [0.1, 0.15) is 0 Å². The molecule has 0 aliphatic carbocycles. The number of para-hydroxylation sites is 1. The van der Waals surface area contributed by atoms with E-state index >= 15 is 0 Å². The molecule has 3 aromatic rings. The Morgan fingerprint density at radius 3 is 2.57 bits per heavy atom. The van der Waals surface area contributed by atoms with Crippen LogP contribution in [0.3, 0.4) is 0 Å². The monoisotopic (exact) mass is 294 g/mol. The van der Waals surface area contributed by atoms with Crippen molar-refractivity contribution in [3.63, 3.8) is 0 Å². The molecule has 0 aliphatic rings. The SMILES string of the molecule is NC(=S)N/N=C/c1c(-c2ccccc2)[nH]c2ccccc12. The van der Waals surface area contributed by atoms with E-state index < -0.39 is 0 Å². The fraction of sp³-hybridized carbons (Fsp3) is 0. The van der Waals surface area contributed by atoms with Crippen molar-refractivity contribution in [1.29, 1.82) is 0 Å². The van der Waals surface area contributed by atoms with Crippen LogP contribution in [-0.4, -0.2) is 16.3 Å². The third-order valence-corrected chi connectivity index (χ3v) is 3.27. The first kappa shape index (κ1) is 13.3. The summed E-state index contributed by atoms with van der Waals surface area (Å²) in [5.74, 6) is 0. The summed E-state index contributed by atoms with van der Waals surface area (Å²) in [6.07, 6.45) is 1.74. The van der Waals surface area contributed by atoms with Gasteiger partial charge in [-0.3, -0.25) is 5.43 Å². The zero-order valence-corrected chi connectivity index (χ0v) is 12.0. The van der Waals surface area contributed by atoms with E-state index in [1.54, 1.807) is 6.21 Å². The van der Waals surface area contributed by atoms with Gasteiger partial charge in [0, 0.05) is 16.5 Å². The van der Waals surface area contributed by atoms with Gasteiger partial charge in [0.2, 0.25) is 0 Å². The minimum Gasteiger partial charge on any atom is -0.375 e. The molecular weight excluding hydrogens is 280 g/mol. The number of fused-ring (bicyclic) bond motifs is 1. The third kappa shape index (κ3) is 2.78. The van der Waals surface area contributed by atoms with Crippen LogP contribution >= 0.6 is 12.2 Å². The van der Waals surface area contributed by atoms with Gasteiger partial charge in [0.25, 0.3) is 0 Å². The number of aromatic amines is 1. The Labute approximate surface area is 127 Å². The summed E-state index contributed by atoms with van der Waals surface area (Å²) in [5.41, 5.74) is 12.2. The average Bonchev–Trinajstić information content (AvgIpc) is 2.87. The lowest BCUT2D eigenvalue weighted by atomic mass is 10.1. The minimum absolute atomic E-state index is 0.146. The molecule has 0 saturated carbocycles. The van der Waals surface area contributed by atoms with E-state index in [9.17, 15) is 0 Å². The highest BCUT2D eigenvalue weighted by molar-refractivity contribution is 7.80. The predicted octanol–water partition coefficient (Wildman–Crippen LogP) is 3.00. The van der Waals surface area contributed by atoms with Crippen molar-refractivity contribution < 1.29 is 0 Å². The van der Waals surface area contributed by atoms with Gasteiger partial charge in [-0.05, 0) is 23.8 Å². The number of thiocarbonyl (C=S) groups is 1. The Morgan fingerprint density at radius 2 is 1.81 bits per heavy atom. The third-order valence-electron chi connectivity index (χ3n) is 3.18. The fourth-order valence-electron chi connectivity index (χ4n) is 2.29. The van der Waals surface area contributed by atoms with Crippen LogP contribution in [0.1, 0.15) is 5.56 Å². The molecule has 4 N–H and O–H groups in total. The zero-order chi connectivity index (χ0) is 14.7. The molecule has 0 unspecified atom stereocenters. The van der Waals surface area contributed by atoms with Gasteiger partial charge in [-0.15, -0.1) is 0 Å². The van der Waals surface area contributed by atoms with Crippen molar-refractivity contribution in [2.45, 2.75) is 0 Å². The number of rotatable bonds is 3. The molecule has 21 heavy (non-hydrogen) atoms. The van der Waals surface area contributed by atoms with Crippen LogP contribution < -0.4 is 11.2 Å². The van der Waals surface area contributed by atoms with Crippen molar-refractivity contribution in [2.75, 3.05) is 0 Å². The Balaban J connectivity index is 2.14. The van der Waals surface area contributed by atoms with Crippen molar-refractivity contribution in [3.8, 4) is 11.3 Å². The number of hydrogen-bond donors (Lipinski definition) is 3. The van der Waals surface area contributed by atoms with Gasteiger partial charge in [0.05, 0.1) is 11.9 Å². The minimum atomic E-state index is 0.146. The van der Waals surface area contributed by atoms with Crippen LogP contribution in [0.25, 0.3) is 22.2 Å². The highest BCUT2D eigenvalue weighted by Crippen LogP contribution is 2.28. The zero-order valence-electron chi connectivity index (χ0n) is 11.2. The molecule has 1 aromatic heterocycles. The van der Waals surface area contributed by atoms with Crippen molar-refractivity contribution in [3.05, 3.63) is 60.2 Å². The van der Waals surface area contributed by atoms with E-state index in [0.717, 1.165) is 27.7 Å². The first-order chi connectivity index (χ1) is 10.3. The van der Waals surface area contributed by atoms with Gasteiger partial charge in [0.15, 0.2) is 5.11 Å². The lowest BCUT2D eigenvalue weighted by Gasteiger charge is -2.00. The van der Waals surface area contributed by atoms with Gasteiger partial charge in [-0.2, -0.15) is 5.10 Å². The first-order valence-electron chi connectivity index (χ1n) is 6.50. The number of aromatic nitrogens is 1. The van der Waals surface area contributed by atoms with Crippen LogP contribution in [0, 0.1) is 0 Å². The normalized spacial score (nSPS) is 11.0. The smallest absolute Gasteiger partial charge is 0.184 e. The second-order valence-electron chi connectivity index (χ2n) is 4.56. The summed E-state index contributed by atoms with van der Waals surface area (Å²) in [6.45, 7) is 0. The van der Waals surface area contributed by atoms with E-state index in [1.807, 2.05) is 36.4 Å². The Hall–Kier alpha value is -2.66. The maximum Gasteiger partial charge on any atom is 0.184 e. The quantitative estimate of drug-likeness (QED) is 0.395. The molecule has 5 heteroatoms. The van der Waals surface area contributed by atoms with Crippen LogP contribution in [-0.2, 0) is 0 Å². The Bertz CT molecular complexity index is 806. The molecular formula is C16H14N4S.